The Morgan fingerprint density at radius 3 is 2.74 bits per heavy atom. The fourth-order valence-corrected chi connectivity index (χ4v) is 4.10. The predicted molar refractivity (Wildman–Crippen MR) is 87.5 cm³/mol. The molecule has 0 spiro atoms. The summed E-state index contributed by atoms with van der Waals surface area (Å²) in [5.41, 5.74) is 2.22. The highest BCUT2D eigenvalue weighted by Crippen LogP contribution is 2.49. The Labute approximate surface area is 137 Å². The van der Waals surface area contributed by atoms with Gasteiger partial charge in [0, 0.05) is 13.0 Å². The number of aryl methyl sites for hydroxylation is 1. The summed E-state index contributed by atoms with van der Waals surface area (Å²) in [6.07, 6.45) is 5.53. The Hall–Kier alpha value is -1.84. The third kappa shape index (κ3) is 4.12. The highest BCUT2D eigenvalue weighted by molar-refractivity contribution is 5.80. The Balaban J connectivity index is 1.35. The number of carbonyl (C=O) groups excluding carboxylic acids is 2. The van der Waals surface area contributed by atoms with Crippen LogP contribution >= 0.6 is 0 Å². The average molecular weight is 315 g/mol. The molecule has 0 saturated heterocycles. The van der Waals surface area contributed by atoms with E-state index in [0.717, 1.165) is 17.0 Å². The van der Waals surface area contributed by atoms with E-state index in [9.17, 15) is 9.59 Å². The molecule has 0 unspecified atom stereocenters. The number of fused-ring (bicyclic) bond motifs is 2. The molecule has 0 aliphatic heterocycles. The first kappa shape index (κ1) is 16.0. The lowest BCUT2D eigenvalue weighted by molar-refractivity contribution is -0.149. The van der Waals surface area contributed by atoms with Gasteiger partial charge in [0.05, 0.1) is 0 Å². The predicted octanol–water partition coefficient (Wildman–Crippen LogP) is 2.98. The molecule has 0 radical (unpaired) electrons. The molecule has 0 aromatic heterocycles. The van der Waals surface area contributed by atoms with Gasteiger partial charge in [-0.15, -0.1) is 0 Å². The molecule has 2 fully saturated rings. The number of nitrogens with one attached hydrogen (secondary N) is 1. The van der Waals surface area contributed by atoms with Crippen molar-refractivity contribution in [3.63, 3.8) is 0 Å². The Kier molecular flexibility index (Phi) is 4.99. The zero-order chi connectivity index (χ0) is 16.2. The normalized spacial score (nSPS) is 25.3. The minimum Gasteiger partial charge on any atom is -0.456 e. The van der Waals surface area contributed by atoms with E-state index in [1.165, 1.54) is 25.7 Å². The molecular formula is C19H25NO3. The zero-order valence-electron chi connectivity index (χ0n) is 13.7. The van der Waals surface area contributed by atoms with Crippen LogP contribution in [-0.2, 0) is 20.9 Å². The maximum absolute atomic E-state index is 11.9. The lowest BCUT2D eigenvalue weighted by Crippen LogP contribution is -2.29. The smallest absolute Gasteiger partial charge is 0.306 e. The summed E-state index contributed by atoms with van der Waals surface area (Å²) in [4.78, 5) is 23.7. The molecule has 0 heterocycles. The highest BCUT2D eigenvalue weighted by atomic mass is 16.5. The van der Waals surface area contributed by atoms with Crippen molar-refractivity contribution in [1.82, 2.24) is 5.32 Å². The van der Waals surface area contributed by atoms with Crippen molar-refractivity contribution >= 4 is 11.9 Å². The molecule has 2 aliphatic rings. The third-order valence-electron chi connectivity index (χ3n) is 5.41. The lowest BCUT2D eigenvalue weighted by atomic mass is 9.86. The third-order valence-corrected chi connectivity index (χ3v) is 5.41. The standard InChI is InChI=1S/C19H25NO3/c1-13-4-2-3-5-16(13)11-20-18(21)12-23-19(22)10-17-9-14-6-7-15(17)8-14/h2-5,14-15,17H,6-12H2,1H3,(H,20,21)/t14-,15+,17+/m0/s1. The zero-order valence-corrected chi connectivity index (χ0v) is 13.7. The highest BCUT2D eigenvalue weighted by Gasteiger charge is 2.40. The summed E-state index contributed by atoms with van der Waals surface area (Å²) in [5.74, 6) is 1.55. The molecule has 3 rings (SSSR count). The molecular weight excluding hydrogens is 290 g/mol. The van der Waals surface area contributed by atoms with Crippen molar-refractivity contribution in [3.8, 4) is 0 Å². The van der Waals surface area contributed by atoms with Crippen LogP contribution in [0, 0.1) is 24.7 Å². The van der Waals surface area contributed by atoms with Crippen molar-refractivity contribution in [2.45, 2.75) is 45.6 Å². The van der Waals surface area contributed by atoms with Gasteiger partial charge in [-0.3, -0.25) is 9.59 Å². The quantitative estimate of drug-likeness (QED) is 0.821. The van der Waals surface area contributed by atoms with Gasteiger partial charge in [-0.2, -0.15) is 0 Å². The second-order valence-corrected chi connectivity index (χ2v) is 7.00. The fraction of sp³-hybridized carbons (Fsp3) is 0.579. The second kappa shape index (κ2) is 7.16. The molecule has 23 heavy (non-hydrogen) atoms. The lowest BCUT2D eigenvalue weighted by Gasteiger charge is -2.20. The number of ether oxygens (including phenoxy) is 1. The summed E-state index contributed by atoms with van der Waals surface area (Å²) < 4.78 is 5.14. The van der Waals surface area contributed by atoms with E-state index < -0.39 is 0 Å². The van der Waals surface area contributed by atoms with E-state index in [1.807, 2.05) is 31.2 Å². The van der Waals surface area contributed by atoms with Gasteiger partial charge in [-0.1, -0.05) is 30.7 Å². The average Bonchev–Trinajstić information content (AvgIpc) is 3.15. The van der Waals surface area contributed by atoms with E-state index in [0.29, 0.717) is 24.8 Å². The molecule has 2 aliphatic carbocycles. The van der Waals surface area contributed by atoms with Gasteiger partial charge in [0.1, 0.15) is 0 Å². The van der Waals surface area contributed by atoms with Crippen LogP contribution in [0.25, 0.3) is 0 Å². The summed E-state index contributed by atoms with van der Waals surface area (Å²) >= 11 is 0. The molecule has 124 valence electrons. The number of esters is 1. The molecule has 4 nitrogen and oxygen atoms in total. The number of hydrogen-bond acceptors (Lipinski definition) is 3. The molecule has 2 saturated carbocycles. The Morgan fingerprint density at radius 2 is 2.04 bits per heavy atom. The van der Waals surface area contributed by atoms with Crippen LogP contribution in [-0.4, -0.2) is 18.5 Å². The van der Waals surface area contributed by atoms with E-state index >= 15 is 0 Å². The maximum Gasteiger partial charge on any atom is 0.306 e. The number of rotatable bonds is 6. The molecule has 3 atom stereocenters. The first-order valence-electron chi connectivity index (χ1n) is 8.58. The van der Waals surface area contributed by atoms with Crippen molar-refractivity contribution in [2.24, 2.45) is 17.8 Å². The topological polar surface area (TPSA) is 55.4 Å². The number of hydrogen-bond donors (Lipinski definition) is 1. The van der Waals surface area contributed by atoms with Gasteiger partial charge in [-0.05, 0) is 55.1 Å². The van der Waals surface area contributed by atoms with Crippen LogP contribution in [0.4, 0.5) is 0 Å². The van der Waals surface area contributed by atoms with Crippen LogP contribution in [0.5, 0.6) is 0 Å². The van der Waals surface area contributed by atoms with Gasteiger partial charge in [-0.25, -0.2) is 0 Å². The number of amides is 1. The SMILES string of the molecule is Cc1ccccc1CNC(=O)COC(=O)C[C@H]1C[C@H]2CC[C@@H]1C2. The van der Waals surface area contributed by atoms with E-state index in [-0.39, 0.29) is 18.5 Å². The van der Waals surface area contributed by atoms with Crippen LogP contribution in [0.2, 0.25) is 0 Å². The van der Waals surface area contributed by atoms with Crippen molar-refractivity contribution in [1.29, 1.82) is 0 Å². The van der Waals surface area contributed by atoms with E-state index in [4.69, 9.17) is 4.74 Å². The van der Waals surface area contributed by atoms with Crippen molar-refractivity contribution in [3.05, 3.63) is 35.4 Å². The fourth-order valence-electron chi connectivity index (χ4n) is 4.10. The number of benzene rings is 1. The number of carbonyl (C=O) groups is 2. The summed E-state index contributed by atoms with van der Waals surface area (Å²) in [5, 5.41) is 2.80. The second-order valence-electron chi connectivity index (χ2n) is 7.00. The molecule has 1 N–H and O–H groups in total. The van der Waals surface area contributed by atoms with Crippen LogP contribution in [0.1, 0.15) is 43.2 Å². The summed E-state index contributed by atoms with van der Waals surface area (Å²) in [6, 6.07) is 7.91. The summed E-state index contributed by atoms with van der Waals surface area (Å²) in [6.45, 7) is 2.30. The molecule has 1 aromatic carbocycles. The van der Waals surface area contributed by atoms with Crippen LogP contribution in [0.15, 0.2) is 24.3 Å². The van der Waals surface area contributed by atoms with Crippen molar-refractivity contribution < 1.29 is 14.3 Å². The van der Waals surface area contributed by atoms with E-state index in [2.05, 4.69) is 5.32 Å². The van der Waals surface area contributed by atoms with Gasteiger partial charge >= 0.3 is 5.97 Å². The molecule has 2 bridgehead atoms. The monoisotopic (exact) mass is 315 g/mol. The minimum atomic E-state index is -0.241. The first-order chi connectivity index (χ1) is 11.1. The Bertz CT molecular complexity index is 584. The van der Waals surface area contributed by atoms with Crippen molar-refractivity contribution in [2.75, 3.05) is 6.61 Å². The van der Waals surface area contributed by atoms with Crippen LogP contribution < -0.4 is 5.32 Å². The first-order valence-corrected chi connectivity index (χ1v) is 8.58. The van der Waals surface area contributed by atoms with Gasteiger partial charge in [0.2, 0.25) is 0 Å². The molecule has 1 aromatic rings. The van der Waals surface area contributed by atoms with Crippen LogP contribution in [0.3, 0.4) is 0 Å². The Morgan fingerprint density at radius 1 is 1.22 bits per heavy atom. The van der Waals surface area contributed by atoms with E-state index in [1.54, 1.807) is 0 Å². The van der Waals surface area contributed by atoms with Gasteiger partial charge in [0.15, 0.2) is 6.61 Å². The maximum atomic E-state index is 11.9. The van der Waals surface area contributed by atoms with Gasteiger partial charge in [0.25, 0.3) is 5.91 Å². The summed E-state index contributed by atoms with van der Waals surface area (Å²) in [7, 11) is 0. The minimum absolute atomic E-state index is 0.175. The molecule has 1 amide bonds. The van der Waals surface area contributed by atoms with Gasteiger partial charge < -0.3 is 10.1 Å². The largest absolute Gasteiger partial charge is 0.456 e. The molecule has 4 heteroatoms.